The number of ether oxygens (including phenoxy) is 1. The molecular formula is C21H20O5S2. The van der Waals surface area contributed by atoms with Crippen molar-refractivity contribution >= 4 is 19.7 Å². The van der Waals surface area contributed by atoms with E-state index in [1.807, 2.05) is 0 Å². The van der Waals surface area contributed by atoms with Crippen LogP contribution in [0.1, 0.15) is 12.8 Å². The van der Waals surface area contributed by atoms with E-state index in [0.717, 1.165) is 12.8 Å². The van der Waals surface area contributed by atoms with Crippen LogP contribution in [0.15, 0.2) is 70.5 Å². The van der Waals surface area contributed by atoms with E-state index in [1.165, 1.54) is 0 Å². The van der Waals surface area contributed by atoms with E-state index in [0.29, 0.717) is 0 Å². The maximum Gasteiger partial charge on any atom is 0.182 e. The lowest BCUT2D eigenvalue weighted by molar-refractivity contribution is 0.180. The fourth-order valence-corrected chi connectivity index (χ4v) is 11.4. The van der Waals surface area contributed by atoms with Gasteiger partial charge in [0.05, 0.1) is 32.5 Å². The van der Waals surface area contributed by atoms with Crippen molar-refractivity contribution in [3.8, 4) is 0 Å². The van der Waals surface area contributed by atoms with Gasteiger partial charge in [-0.15, -0.1) is 0 Å². The van der Waals surface area contributed by atoms with Crippen LogP contribution in [0.3, 0.4) is 0 Å². The summed E-state index contributed by atoms with van der Waals surface area (Å²) < 4.78 is 60.5. The number of epoxide rings is 1. The van der Waals surface area contributed by atoms with Crippen molar-refractivity contribution in [2.75, 3.05) is 0 Å². The predicted octanol–water partition coefficient (Wildman–Crippen LogP) is 2.48. The summed E-state index contributed by atoms with van der Waals surface area (Å²) in [5, 5.41) is -1.90. The van der Waals surface area contributed by atoms with Crippen LogP contribution in [-0.2, 0) is 24.4 Å². The van der Waals surface area contributed by atoms with E-state index >= 15 is 0 Å². The van der Waals surface area contributed by atoms with Crippen molar-refractivity contribution in [2.45, 2.75) is 45.3 Å². The van der Waals surface area contributed by atoms with Gasteiger partial charge >= 0.3 is 0 Å². The van der Waals surface area contributed by atoms with Crippen LogP contribution in [0.25, 0.3) is 0 Å². The molecule has 4 fully saturated rings. The number of fused-ring (bicyclic) bond motifs is 3. The van der Waals surface area contributed by atoms with Gasteiger partial charge in [-0.05, 0) is 42.5 Å². The zero-order valence-corrected chi connectivity index (χ0v) is 16.6. The molecule has 4 aliphatic rings. The third kappa shape index (κ3) is 2.00. The first-order chi connectivity index (χ1) is 13.4. The molecule has 1 aliphatic heterocycles. The van der Waals surface area contributed by atoms with Crippen molar-refractivity contribution in [1.82, 2.24) is 0 Å². The Balaban J connectivity index is 1.55. The van der Waals surface area contributed by atoms with Gasteiger partial charge in [-0.2, -0.15) is 0 Å². The molecule has 0 unspecified atom stereocenters. The second kappa shape index (κ2) is 5.26. The number of benzene rings is 2. The van der Waals surface area contributed by atoms with Crippen LogP contribution < -0.4 is 0 Å². The molecule has 0 amide bonds. The van der Waals surface area contributed by atoms with E-state index in [2.05, 4.69) is 0 Å². The molecule has 2 aromatic rings. The van der Waals surface area contributed by atoms with Gasteiger partial charge in [-0.1, -0.05) is 36.4 Å². The van der Waals surface area contributed by atoms with Crippen LogP contribution >= 0.6 is 0 Å². The molecule has 3 saturated carbocycles. The standard InChI is InChI=1S/C21H20O5S2/c22-27(23,13-7-3-1-4-8-13)19-15-17-18(26-17)16(21(15)11-12-21)20(19)28(24,25)14-9-5-2-6-10-14/h1-10,15-20H,11-12H2/t15-,16+,17+,18-,19-,20+. The number of rotatable bonds is 4. The van der Waals surface area contributed by atoms with Crippen molar-refractivity contribution in [3.63, 3.8) is 0 Å². The highest BCUT2D eigenvalue weighted by atomic mass is 32.2. The molecule has 5 nitrogen and oxygen atoms in total. The molecule has 0 N–H and O–H groups in total. The predicted molar refractivity (Wildman–Crippen MR) is 102 cm³/mol. The van der Waals surface area contributed by atoms with Crippen molar-refractivity contribution in [1.29, 1.82) is 0 Å². The van der Waals surface area contributed by atoms with E-state index in [-0.39, 0.29) is 39.2 Å². The normalized spacial score (nSPS) is 37.0. The first-order valence-electron chi connectivity index (χ1n) is 9.62. The smallest absolute Gasteiger partial charge is 0.182 e. The molecule has 7 heteroatoms. The van der Waals surface area contributed by atoms with Gasteiger partial charge < -0.3 is 4.74 Å². The monoisotopic (exact) mass is 416 g/mol. The Labute approximate surface area is 164 Å². The molecule has 28 heavy (non-hydrogen) atoms. The quantitative estimate of drug-likeness (QED) is 0.716. The van der Waals surface area contributed by atoms with Crippen molar-refractivity contribution in [2.24, 2.45) is 17.3 Å². The fraction of sp³-hybridized carbons (Fsp3) is 0.429. The number of hydrogen-bond donors (Lipinski definition) is 0. The van der Waals surface area contributed by atoms with Crippen LogP contribution in [-0.4, -0.2) is 39.5 Å². The third-order valence-electron chi connectivity index (χ3n) is 7.32. The third-order valence-corrected chi connectivity index (χ3v) is 12.0. The van der Waals surface area contributed by atoms with Crippen LogP contribution in [0.4, 0.5) is 0 Å². The topological polar surface area (TPSA) is 80.8 Å². The summed E-state index contributed by atoms with van der Waals surface area (Å²) in [7, 11) is -7.61. The van der Waals surface area contributed by atoms with Crippen LogP contribution in [0.2, 0.25) is 0 Å². The minimum Gasteiger partial charge on any atom is -0.369 e. The molecule has 0 radical (unpaired) electrons. The Morgan fingerprint density at radius 2 is 1.07 bits per heavy atom. The molecule has 2 bridgehead atoms. The lowest BCUT2D eigenvalue weighted by Crippen LogP contribution is -2.46. The highest BCUT2D eigenvalue weighted by Gasteiger charge is 2.85. The lowest BCUT2D eigenvalue weighted by atomic mass is 9.93. The van der Waals surface area contributed by atoms with Gasteiger partial charge in [0.15, 0.2) is 19.7 Å². The summed E-state index contributed by atoms with van der Waals surface area (Å²) in [5.41, 5.74) is -0.174. The van der Waals surface area contributed by atoms with E-state index in [1.54, 1.807) is 60.7 Å². The van der Waals surface area contributed by atoms with E-state index in [4.69, 9.17) is 4.74 Å². The van der Waals surface area contributed by atoms with Gasteiger partial charge in [-0.25, -0.2) is 16.8 Å². The molecule has 3 aliphatic carbocycles. The molecule has 146 valence electrons. The van der Waals surface area contributed by atoms with E-state index < -0.39 is 30.2 Å². The summed E-state index contributed by atoms with van der Waals surface area (Å²) in [6, 6.07) is 16.5. The van der Waals surface area contributed by atoms with Crippen LogP contribution in [0.5, 0.6) is 0 Å². The molecule has 1 heterocycles. The Kier molecular flexibility index (Phi) is 3.23. The molecule has 6 rings (SSSR count). The molecule has 2 aromatic carbocycles. The Hall–Kier alpha value is -1.70. The SMILES string of the molecule is O=S(=O)(c1ccccc1)[C@@H]1[C@H]2[C@@H]3O[C@@H]3[C@@H]([C@@H]1S(=O)(=O)c1ccccc1)C21CC1. The first-order valence-corrected chi connectivity index (χ1v) is 12.7. The Morgan fingerprint density at radius 3 is 1.43 bits per heavy atom. The second-order valence-corrected chi connectivity index (χ2v) is 12.7. The summed E-state index contributed by atoms with van der Waals surface area (Å²) in [4.78, 5) is 0.405. The lowest BCUT2D eigenvalue weighted by Gasteiger charge is -2.28. The zero-order chi connectivity index (χ0) is 19.3. The van der Waals surface area contributed by atoms with Gasteiger partial charge in [-0.3, -0.25) is 0 Å². The average molecular weight is 417 g/mol. The van der Waals surface area contributed by atoms with Gasteiger partial charge in [0.2, 0.25) is 0 Å². The summed E-state index contributed by atoms with van der Waals surface area (Å²) in [6.07, 6.45) is 1.61. The molecular weight excluding hydrogens is 396 g/mol. The minimum atomic E-state index is -3.81. The Morgan fingerprint density at radius 1 is 0.679 bits per heavy atom. The van der Waals surface area contributed by atoms with Crippen LogP contribution in [0, 0.1) is 17.3 Å². The summed E-state index contributed by atoms with van der Waals surface area (Å²) in [6.45, 7) is 0. The summed E-state index contributed by atoms with van der Waals surface area (Å²) >= 11 is 0. The van der Waals surface area contributed by atoms with Gasteiger partial charge in [0.1, 0.15) is 0 Å². The minimum absolute atomic E-state index is 0.0989. The average Bonchev–Trinajstić information content (AvgIpc) is 3.61. The van der Waals surface area contributed by atoms with Crippen molar-refractivity contribution in [3.05, 3.63) is 60.7 Å². The summed E-state index contributed by atoms with van der Waals surface area (Å²) in [5.74, 6) is -0.451. The molecule has 0 aromatic heterocycles. The largest absolute Gasteiger partial charge is 0.369 e. The number of sulfone groups is 2. The molecule has 6 atom stereocenters. The van der Waals surface area contributed by atoms with E-state index in [9.17, 15) is 16.8 Å². The fourth-order valence-electron chi connectivity index (χ4n) is 6.11. The maximum absolute atomic E-state index is 13.7. The van der Waals surface area contributed by atoms with Crippen molar-refractivity contribution < 1.29 is 21.6 Å². The highest BCUT2D eigenvalue weighted by molar-refractivity contribution is 7.96. The first kappa shape index (κ1) is 17.2. The molecule has 1 spiro atoms. The van der Waals surface area contributed by atoms with Gasteiger partial charge in [0.25, 0.3) is 0 Å². The second-order valence-electron chi connectivity index (χ2n) is 8.50. The maximum atomic E-state index is 13.7. The highest BCUT2D eigenvalue weighted by Crippen LogP contribution is 2.78. The van der Waals surface area contributed by atoms with Gasteiger partial charge in [0, 0.05) is 11.8 Å². The Bertz CT molecular complexity index is 1060. The zero-order valence-electron chi connectivity index (χ0n) is 15.0. The molecule has 1 saturated heterocycles. The number of hydrogen-bond acceptors (Lipinski definition) is 5.